The molecule has 144 valence electrons. The van der Waals surface area contributed by atoms with Gasteiger partial charge in [0.15, 0.2) is 0 Å². The van der Waals surface area contributed by atoms with Gasteiger partial charge in [0.05, 0.1) is 19.9 Å². The minimum Gasteiger partial charge on any atom is -0.496 e. The van der Waals surface area contributed by atoms with Gasteiger partial charge in [-0.1, -0.05) is 36.4 Å². The number of carbonyl (C=O) groups is 1. The molecule has 3 rings (SSSR count). The van der Waals surface area contributed by atoms with Crippen molar-refractivity contribution in [1.29, 1.82) is 0 Å². The van der Waals surface area contributed by atoms with Crippen LogP contribution in [-0.4, -0.2) is 51.6 Å². The van der Waals surface area contributed by atoms with Crippen LogP contribution in [0.4, 0.5) is 5.69 Å². The van der Waals surface area contributed by atoms with E-state index in [1.165, 1.54) is 4.31 Å². The smallest absolute Gasteiger partial charge is 0.242 e. The first kappa shape index (κ1) is 19.4. The van der Waals surface area contributed by atoms with Crippen molar-refractivity contribution in [3.63, 3.8) is 0 Å². The van der Waals surface area contributed by atoms with Gasteiger partial charge in [0.25, 0.3) is 0 Å². The molecule has 0 unspecified atom stereocenters. The molecule has 27 heavy (non-hydrogen) atoms. The highest BCUT2D eigenvalue weighted by molar-refractivity contribution is 7.88. The molecule has 2 aromatic rings. The van der Waals surface area contributed by atoms with Crippen LogP contribution < -0.4 is 9.64 Å². The number of fused-ring (bicyclic) bond motifs is 1. The summed E-state index contributed by atoms with van der Waals surface area (Å²) >= 11 is 0. The molecule has 7 heteroatoms. The molecule has 1 heterocycles. The van der Waals surface area contributed by atoms with Crippen molar-refractivity contribution in [2.75, 3.05) is 37.9 Å². The van der Waals surface area contributed by atoms with E-state index in [4.69, 9.17) is 4.74 Å². The number of methoxy groups -OCH3 is 1. The molecule has 0 aromatic heterocycles. The molecule has 1 amide bonds. The Morgan fingerprint density at radius 1 is 1.15 bits per heavy atom. The van der Waals surface area contributed by atoms with E-state index in [0.717, 1.165) is 29.5 Å². The zero-order chi connectivity index (χ0) is 19.4. The van der Waals surface area contributed by atoms with E-state index < -0.39 is 10.0 Å². The first-order chi connectivity index (χ1) is 12.9. The van der Waals surface area contributed by atoms with Gasteiger partial charge in [-0.2, -0.15) is 4.31 Å². The number of amides is 1. The lowest BCUT2D eigenvalue weighted by molar-refractivity contribution is -0.118. The monoisotopic (exact) mass is 388 g/mol. The Bertz CT molecular complexity index is 927. The van der Waals surface area contributed by atoms with E-state index in [1.54, 1.807) is 12.0 Å². The van der Waals surface area contributed by atoms with E-state index in [0.29, 0.717) is 18.7 Å². The molecule has 2 aromatic carbocycles. The Morgan fingerprint density at radius 3 is 2.59 bits per heavy atom. The maximum Gasteiger partial charge on any atom is 0.242 e. The van der Waals surface area contributed by atoms with Crippen LogP contribution in [0.25, 0.3) is 0 Å². The largest absolute Gasteiger partial charge is 0.496 e. The summed E-state index contributed by atoms with van der Waals surface area (Å²) in [4.78, 5) is 14.5. The SMILES string of the molecule is COc1ccccc1CCN(CC(=O)N1CCc2ccccc21)S(C)(=O)=O. The van der Waals surface area contributed by atoms with Crippen molar-refractivity contribution in [2.24, 2.45) is 0 Å². The van der Waals surface area contributed by atoms with Crippen molar-refractivity contribution in [2.45, 2.75) is 12.8 Å². The van der Waals surface area contributed by atoms with Gasteiger partial charge in [-0.15, -0.1) is 0 Å². The molecule has 0 N–H and O–H groups in total. The summed E-state index contributed by atoms with van der Waals surface area (Å²) in [6, 6.07) is 15.2. The second-order valence-corrected chi connectivity index (χ2v) is 8.56. The van der Waals surface area contributed by atoms with Crippen LogP contribution in [0.5, 0.6) is 5.75 Å². The predicted molar refractivity (Wildman–Crippen MR) is 106 cm³/mol. The van der Waals surface area contributed by atoms with Crippen LogP contribution in [0.2, 0.25) is 0 Å². The lowest BCUT2D eigenvalue weighted by atomic mass is 10.1. The first-order valence-corrected chi connectivity index (χ1v) is 10.7. The van der Waals surface area contributed by atoms with Crippen LogP contribution >= 0.6 is 0 Å². The van der Waals surface area contributed by atoms with Crippen LogP contribution in [0.15, 0.2) is 48.5 Å². The molecular weight excluding hydrogens is 364 g/mol. The fourth-order valence-corrected chi connectivity index (χ4v) is 4.12. The van der Waals surface area contributed by atoms with Crippen molar-refractivity contribution < 1.29 is 17.9 Å². The van der Waals surface area contributed by atoms with Crippen LogP contribution in [0.1, 0.15) is 11.1 Å². The lowest BCUT2D eigenvalue weighted by Crippen LogP contribution is -2.42. The van der Waals surface area contributed by atoms with Gasteiger partial charge >= 0.3 is 0 Å². The predicted octanol–water partition coefficient (Wildman–Crippen LogP) is 2.09. The summed E-state index contributed by atoms with van der Waals surface area (Å²) in [5, 5.41) is 0. The second kappa shape index (κ2) is 8.10. The topological polar surface area (TPSA) is 66.9 Å². The van der Waals surface area contributed by atoms with Gasteiger partial charge in [0.1, 0.15) is 5.75 Å². The van der Waals surface area contributed by atoms with Crippen molar-refractivity contribution >= 4 is 21.6 Å². The number of benzene rings is 2. The summed E-state index contributed by atoms with van der Waals surface area (Å²) in [6.45, 7) is 0.644. The summed E-state index contributed by atoms with van der Waals surface area (Å²) in [5.41, 5.74) is 2.90. The summed E-state index contributed by atoms with van der Waals surface area (Å²) < 4.78 is 31.0. The van der Waals surface area contributed by atoms with Crippen LogP contribution in [0, 0.1) is 0 Å². The van der Waals surface area contributed by atoms with Crippen molar-refractivity contribution in [3.05, 3.63) is 59.7 Å². The minimum atomic E-state index is -3.51. The average molecular weight is 388 g/mol. The standard InChI is InChI=1S/C20H24N2O4S/c1-26-19-10-6-4-8-17(19)11-13-21(27(2,24)25)15-20(23)22-14-12-16-7-3-5-9-18(16)22/h3-10H,11-15H2,1-2H3. The molecule has 0 saturated heterocycles. The number of ether oxygens (including phenoxy) is 1. The molecule has 0 radical (unpaired) electrons. The van der Waals surface area contributed by atoms with Gasteiger partial charge < -0.3 is 9.64 Å². The summed E-state index contributed by atoms with van der Waals surface area (Å²) in [7, 11) is -1.93. The number of sulfonamides is 1. The maximum atomic E-state index is 12.8. The third kappa shape index (κ3) is 4.48. The molecule has 0 bridgehead atoms. The van der Waals surface area contributed by atoms with Crippen LogP contribution in [-0.2, 0) is 27.7 Å². The van der Waals surface area contributed by atoms with Gasteiger partial charge in [-0.05, 0) is 36.1 Å². The summed E-state index contributed by atoms with van der Waals surface area (Å²) in [5.74, 6) is 0.510. The number of nitrogens with zero attached hydrogens (tertiary/aromatic N) is 2. The quantitative estimate of drug-likeness (QED) is 0.728. The molecule has 0 aliphatic carbocycles. The van der Waals surface area contributed by atoms with E-state index in [1.807, 2.05) is 48.5 Å². The molecule has 0 saturated carbocycles. The van der Waals surface area contributed by atoms with E-state index >= 15 is 0 Å². The molecule has 0 atom stereocenters. The van der Waals surface area contributed by atoms with Crippen molar-refractivity contribution in [3.8, 4) is 5.75 Å². The number of para-hydroxylation sites is 2. The average Bonchev–Trinajstić information content (AvgIpc) is 3.08. The highest BCUT2D eigenvalue weighted by Crippen LogP contribution is 2.27. The number of anilines is 1. The van der Waals surface area contributed by atoms with E-state index in [-0.39, 0.29) is 19.0 Å². The Balaban J connectivity index is 1.72. The lowest BCUT2D eigenvalue weighted by Gasteiger charge is -2.24. The number of rotatable bonds is 7. The van der Waals surface area contributed by atoms with Gasteiger partial charge in [0, 0.05) is 18.8 Å². The fourth-order valence-electron chi connectivity index (χ4n) is 3.35. The molecule has 6 nitrogen and oxygen atoms in total. The molecule has 1 aliphatic rings. The van der Waals surface area contributed by atoms with Crippen molar-refractivity contribution in [1.82, 2.24) is 4.31 Å². The van der Waals surface area contributed by atoms with Crippen LogP contribution in [0.3, 0.4) is 0 Å². The Hall–Kier alpha value is -2.38. The van der Waals surface area contributed by atoms with Gasteiger partial charge in [0.2, 0.25) is 15.9 Å². The van der Waals surface area contributed by atoms with E-state index in [2.05, 4.69) is 0 Å². The molecule has 0 spiro atoms. The Morgan fingerprint density at radius 2 is 1.85 bits per heavy atom. The third-order valence-corrected chi connectivity index (χ3v) is 6.04. The molecule has 1 aliphatic heterocycles. The van der Waals surface area contributed by atoms with Gasteiger partial charge in [-0.3, -0.25) is 4.79 Å². The Kier molecular flexibility index (Phi) is 5.82. The highest BCUT2D eigenvalue weighted by atomic mass is 32.2. The molecule has 0 fully saturated rings. The maximum absolute atomic E-state index is 12.8. The van der Waals surface area contributed by atoms with E-state index in [9.17, 15) is 13.2 Å². The molecular formula is C20H24N2O4S. The number of hydrogen-bond acceptors (Lipinski definition) is 4. The Labute approximate surface area is 160 Å². The zero-order valence-electron chi connectivity index (χ0n) is 15.6. The minimum absolute atomic E-state index is 0.164. The van der Waals surface area contributed by atoms with Gasteiger partial charge in [-0.25, -0.2) is 8.42 Å². The number of carbonyl (C=O) groups excluding carboxylic acids is 1. The number of hydrogen-bond donors (Lipinski definition) is 0. The normalized spacial score (nSPS) is 13.7. The summed E-state index contributed by atoms with van der Waals surface area (Å²) in [6.07, 6.45) is 2.41. The third-order valence-electron chi connectivity index (χ3n) is 4.79. The fraction of sp³-hybridized carbons (Fsp3) is 0.350. The highest BCUT2D eigenvalue weighted by Gasteiger charge is 2.28. The second-order valence-electron chi connectivity index (χ2n) is 6.58. The zero-order valence-corrected chi connectivity index (χ0v) is 16.4. The first-order valence-electron chi connectivity index (χ1n) is 8.85.